The molecule has 4 heteroatoms. The van der Waals surface area contributed by atoms with Crippen molar-refractivity contribution >= 4 is 11.6 Å². The first-order valence-electron chi connectivity index (χ1n) is 6.03. The average Bonchev–Trinajstić information content (AvgIpc) is 2.43. The van der Waals surface area contributed by atoms with Gasteiger partial charge in [-0.1, -0.05) is 12.1 Å². The highest BCUT2D eigenvalue weighted by Gasteiger charge is 2.32. The largest absolute Gasteiger partial charge is 0.870 e. The van der Waals surface area contributed by atoms with E-state index in [0.29, 0.717) is 4.48 Å². The number of hydrogen-bond donors (Lipinski definition) is 0. The van der Waals surface area contributed by atoms with Gasteiger partial charge < -0.3 is 5.48 Å². The van der Waals surface area contributed by atoms with Gasteiger partial charge in [0.1, 0.15) is 0 Å². The number of hydrogen-bond acceptors (Lipinski definition) is 3. The number of aromatic nitrogens is 2. The third-order valence-electron chi connectivity index (χ3n) is 3.26. The van der Waals surface area contributed by atoms with Crippen LogP contribution in [0.15, 0.2) is 48.8 Å². The van der Waals surface area contributed by atoms with Crippen LogP contribution < -0.4 is 4.48 Å². The Bertz CT molecular complexity index is 413. The first-order valence-corrected chi connectivity index (χ1v) is 6.03. The van der Waals surface area contributed by atoms with Crippen LogP contribution in [0, 0.1) is 0 Å². The summed E-state index contributed by atoms with van der Waals surface area (Å²) in [5.41, 5.74) is 0. The van der Waals surface area contributed by atoms with Gasteiger partial charge in [0.2, 0.25) is 11.6 Å². The van der Waals surface area contributed by atoms with Crippen LogP contribution in [0.4, 0.5) is 11.6 Å². The summed E-state index contributed by atoms with van der Waals surface area (Å²) in [5, 5.41) is 0. The number of pyridine rings is 2. The van der Waals surface area contributed by atoms with Gasteiger partial charge in [-0.2, -0.15) is 0 Å². The Hall–Kier alpha value is -1.78. The Morgan fingerprint density at radius 3 is 1.56 bits per heavy atom. The van der Waals surface area contributed by atoms with E-state index in [0.717, 1.165) is 24.7 Å². The van der Waals surface area contributed by atoms with Crippen molar-refractivity contribution in [1.29, 1.82) is 0 Å². The normalized spacial score (nSPS) is 10.8. The average molecular weight is 245 g/mol. The fourth-order valence-corrected chi connectivity index (χ4v) is 2.20. The zero-order valence-corrected chi connectivity index (χ0v) is 10.8. The number of rotatable bonds is 4. The highest BCUT2D eigenvalue weighted by atomic mass is 16.0. The van der Waals surface area contributed by atoms with E-state index in [1.165, 1.54) is 0 Å². The summed E-state index contributed by atoms with van der Waals surface area (Å²) in [6.45, 7) is 6.24. The molecule has 0 atom stereocenters. The number of quaternary nitrogens is 1. The molecule has 0 saturated carbocycles. The molecule has 0 aliphatic rings. The fourth-order valence-electron chi connectivity index (χ4n) is 2.20. The first kappa shape index (κ1) is 14.3. The highest BCUT2D eigenvalue weighted by Crippen LogP contribution is 2.30. The third kappa shape index (κ3) is 2.39. The van der Waals surface area contributed by atoms with Crippen molar-refractivity contribution in [3.05, 3.63) is 48.8 Å². The summed E-state index contributed by atoms with van der Waals surface area (Å²) in [5.74, 6) is 2.10. The van der Waals surface area contributed by atoms with Crippen molar-refractivity contribution in [2.75, 3.05) is 13.1 Å². The second-order valence-corrected chi connectivity index (χ2v) is 3.98. The van der Waals surface area contributed by atoms with Crippen molar-refractivity contribution in [3.8, 4) is 0 Å². The molecule has 0 spiro atoms. The maximum Gasteiger partial charge on any atom is 0.233 e. The van der Waals surface area contributed by atoms with Gasteiger partial charge in [-0.15, -0.1) is 0 Å². The van der Waals surface area contributed by atoms with E-state index in [1.54, 1.807) is 0 Å². The van der Waals surface area contributed by atoms with Gasteiger partial charge in [0, 0.05) is 24.5 Å². The maximum atomic E-state index is 4.50. The van der Waals surface area contributed by atoms with Crippen LogP contribution in [0.1, 0.15) is 13.8 Å². The highest BCUT2D eigenvalue weighted by molar-refractivity contribution is 5.49. The van der Waals surface area contributed by atoms with E-state index in [2.05, 4.69) is 35.9 Å². The van der Waals surface area contributed by atoms with Gasteiger partial charge >= 0.3 is 0 Å². The monoisotopic (exact) mass is 245 g/mol. The molecule has 1 N–H and O–H groups in total. The molecule has 96 valence electrons. The molecule has 2 heterocycles. The summed E-state index contributed by atoms with van der Waals surface area (Å²) in [6, 6.07) is 12.1. The van der Waals surface area contributed by atoms with Crippen molar-refractivity contribution in [3.63, 3.8) is 0 Å². The molecule has 2 aromatic rings. The third-order valence-corrected chi connectivity index (χ3v) is 3.26. The van der Waals surface area contributed by atoms with Crippen LogP contribution in [-0.4, -0.2) is 28.5 Å². The van der Waals surface area contributed by atoms with E-state index in [-0.39, 0.29) is 5.48 Å². The van der Waals surface area contributed by atoms with Gasteiger partial charge in [-0.25, -0.2) is 14.5 Å². The first-order chi connectivity index (χ1) is 8.33. The molecule has 4 nitrogen and oxygen atoms in total. The minimum absolute atomic E-state index is 0. The lowest BCUT2D eigenvalue weighted by Gasteiger charge is -2.32. The quantitative estimate of drug-likeness (QED) is 0.778. The smallest absolute Gasteiger partial charge is 0.233 e. The Balaban J connectivity index is 0.00000162. The molecular formula is C14H19N3O. The SMILES string of the molecule is CC[N+](CC)(c1ccccn1)c1ccccn1.[OH-]. The predicted molar refractivity (Wildman–Crippen MR) is 72.9 cm³/mol. The van der Waals surface area contributed by atoms with Gasteiger partial charge in [-0.3, -0.25) is 0 Å². The Morgan fingerprint density at radius 1 is 0.833 bits per heavy atom. The molecule has 0 aliphatic heterocycles. The van der Waals surface area contributed by atoms with Crippen LogP contribution >= 0.6 is 0 Å². The van der Waals surface area contributed by atoms with Gasteiger partial charge in [0.15, 0.2) is 0 Å². The van der Waals surface area contributed by atoms with Crippen molar-refractivity contribution in [2.24, 2.45) is 0 Å². The Kier molecular flexibility index (Phi) is 4.95. The van der Waals surface area contributed by atoms with Crippen molar-refractivity contribution < 1.29 is 5.48 Å². The van der Waals surface area contributed by atoms with Gasteiger partial charge in [0.05, 0.1) is 13.1 Å². The summed E-state index contributed by atoms with van der Waals surface area (Å²) in [6.07, 6.45) is 3.69. The molecule has 2 aromatic heterocycles. The molecule has 0 radical (unpaired) electrons. The van der Waals surface area contributed by atoms with Crippen LogP contribution in [0.5, 0.6) is 0 Å². The van der Waals surface area contributed by atoms with Gasteiger partial charge in [0.25, 0.3) is 0 Å². The van der Waals surface area contributed by atoms with E-state index in [1.807, 2.05) is 36.7 Å². The van der Waals surface area contributed by atoms with Crippen LogP contribution in [0.25, 0.3) is 0 Å². The minimum atomic E-state index is 0. The molecule has 18 heavy (non-hydrogen) atoms. The zero-order chi connectivity index (χ0) is 12.1. The lowest BCUT2D eigenvalue weighted by Crippen LogP contribution is -2.45. The number of nitrogens with zero attached hydrogens (tertiary/aromatic N) is 3. The van der Waals surface area contributed by atoms with Crippen molar-refractivity contribution in [1.82, 2.24) is 14.5 Å². The van der Waals surface area contributed by atoms with E-state index < -0.39 is 0 Å². The molecule has 0 bridgehead atoms. The topological polar surface area (TPSA) is 55.8 Å². The Morgan fingerprint density at radius 2 is 1.28 bits per heavy atom. The molecule has 0 fully saturated rings. The fraction of sp³-hybridized carbons (Fsp3) is 0.286. The molecule has 0 aliphatic carbocycles. The summed E-state index contributed by atoms with van der Waals surface area (Å²) >= 11 is 0. The molecule has 0 unspecified atom stereocenters. The maximum absolute atomic E-state index is 4.50. The zero-order valence-electron chi connectivity index (χ0n) is 10.8. The summed E-state index contributed by atoms with van der Waals surface area (Å²) in [7, 11) is 0. The minimum Gasteiger partial charge on any atom is -0.870 e. The van der Waals surface area contributed by atoms with E-state index >= 15 is 0 Å². The molecule has 0 aromatic carbocycles. The lowest BCUT2D eigenvalue weighted by atomic mass is 10.3. The van der Waals surface area contributed by atoms with Crippen LogP contribution in [0.2, 0.25) is 0 Å². The van der Waals surface area contributed by atoms with Crippen LogP contribution in [-0.2, 0) is 0 Å². The summed E-state index contributed by atoms with van der Waals surface area (Å²) < 4.78 is 0.696. The summed E-state index contributed by atoms with van der Waals surface area (Å²) in [4.78, 5) is 9.00. The standard InChI is InChI=1S/C14H18N3.H2O/c1-3-17(4-2,13-9-5-7-11-15-13)14-10-6-8-12-16-14;/h5-12H,3-4H2,1-2H3;1H2/q+1;/p-1. The second-order valence-electron chi connectivity index (χ2n) is 3.98. The molecular weight excluding hydrogens is 226 g/mol. The second kappa shape index (κ2) is 6.23. The molecule has 0 saturated heterocycles. The molecule has 2 rings (SSSR count). The van der Waals surface area contributed by atoms with E-state index in [9.17, 15) is 0 Å². The predicted octanol–water partition coefficient (Wildman–Crippen LogP) is 2.98. The lowest BCUT2D eigenvalue weighted by molar-refractivity contribution is 0.401. The Labute approximate surface area is 108 Å². The van der Waals surface area contributed by atoms with E-state index in [4.69, 9.17) is 0 Å². The van der Waals surface area contributed by atoms with Crippen molar-refractivity contribution in [2.45, 2.75) is 13.8 Å². The van der Waals surface area contributed by atoms with Crippen LogP contribution in [0.3, 0.4) is 0 Å². The van der Waals surface area contributed by atoms with Gasteiger partial charge in [-0.05, 0) is 26.0 Å². The molecule has 0 amide bonds.